The van der Waals surface area contributed by atoms with Gasteiger partial charge < -0.3 is 14.6 Å². The Balaban J connectivity index is 1.74. The van der Waals surface area contributed by atoms with Crippen LogP contribution in [0.1, 0.15) is 57.9 Å². The Hall–Kier alpha value is -2.14. The fourth-order valence-corrected chi connectivity index (χ4v) is 2.97. The Morgan fingerprint density at radius 2 is 1.89 bits per heavy atom. The summed E-state index contributed by atoms with van der Waals surface area (Å²) in [4.78, 5) is 18.6. The number of amides is 1. The first kappa shape index (κ1) is 21.2. The van der Waals surface area contributed by atoms with Gasteiger partial charge in [-0.15, -0.1) is 0 Å². The van der Waals surface area contributed by atoms with Crippen molar-refractivity contribution in [1.29, 1.82) is 0 Å². The number of hydrogen-bond donors (Lipinski definition) is 1. The highest BCUT2D eigenvalue weighted by atomic mass is 16.4. The van der Waals surface area contributed by atoms with E-state index in [0.29, 0.717) is 31.2 Å². The molecule has 0 saturated carbocycles. The molecule has 0 atom stereocenters. The molecule has 0 bridgehead atoms. The molecular formula is C22H33N3O2. The van der Waals surface area contributed by atoms with Gasteiger partial charge in [-0.2, -0.15) is 0 Å². The van der Waals surface area contributed by atoms with Crippen LogP contribution in [0, 0.1) is 0 Å². The zero-order valence-electron chi connectivity index (χ0n) is 17.1. The molecule has 0 unspecified atom stereocenters. The van der Waals surface area contributed by atoms with Crippen LogP contribution in [0.4, 0.5) is 0 Å². The van der Waals surface area contributed by atoms with Crippen molar-refractivity contribution in [3.8, 4) is 11.3 Å². The van der Waals surface area contributed by atoms with Gasteiger partial charge >= 0.3 is 0 Å². The first-order valence-electron chi connectivity index (χ1n) is 10.1. The number of carbonyl (C=O) groups is 1. The summed E-state index contributed by atoms with van der Waals surface area (Å²) in [6.07, 6.45) is 3.63. The molecule has 148 valence electrons. The molecule has 0 aliphatic carbocycles. The zero-order chi connectivity index (χ0) is 19.6. The van der Waals surface area contributed by atoms with Crippen LogP contribution in [0.5, 0.6) is 0 Å². The summed E-state index contributed by atoms with van der Waals surface area (Å²) in [7, 11) is 0. The van der Waals surface area contributed by atoms with E-state index in [2.05, 4.69) is 67.2 Å². The number of nitrogens with zero attached hydrogens (tertiary/aromatic N) is 2. The van der Waals surface area contributed by atoms with Gasteiger partial charge in [-0.05, 0) is 37.5 Å². The summed E-state index contributed by atoms with van der Waals surface area (Å²) in [6.45, 7) is 12.5. The smallest absolute Gasteiger partial charge is 0.220 e. The summed E-state index contributed by atoms with van der Waals surface area (Å²) in [5.74, 6) is 1.92. The average Bonchev–Trinajstić information content (AvgIpc) is 3.15. The Morgan fingerprint density at radius 1 is 1.19 bits per heavy atom. The summed E-state index contributed by atoms with van der Waals surface area (Å²) in [6, 6.07) is 8.35. The van der Waals surface area contributed by atoms with Crippen molar-refractivity contribution in [2.45, 2.75) is 52.9 Å². The molecule has 0 fully saturated rings. The number of hydrogen-bond acceptors (Lipinski definition) is 4. The lowest BCUT2D eigenvalue weighted by Gasteiger charge is -2.17. The largest absolute Gasteiger partial charge is 0.441 e. The van der Waals surface area contributed by atoms with Crippen molar-refractivity contribution >= 4 is 5.91 Å². The van der Waals surface area contributed by atoms with Gasteiger partial charge in [-0.1, -0.05) is 52.0 Å². The summed E-state index contributed by atoms with van der Waals surface area (Å²) in [5.41, 5.74) is 2.31. The highest BCUT2D eigenvalue weighted by Gasteiger charge is 2.09. The molecule has 1 amide bonds. The molecule has 2 rings (SSSR count). The zero-order valence-corrected chi connectivity index (χ0v) is 17.1. The highest BCUT2D eigenvalue weighted by molar-refractivity contribution is 5.76. The van der Waals surface area contributed by atoms with E-state index in [-0.39, 0.29) is 5.91 Å². The van der Waals surface area contributed by atoms with E-state index < -0.39 is 0 Å². The summed E-state index contributed by atoms with van der Waals surface area (Å²) < 4.78 is 5.81. The molecule has 1 aromatic carbocycles. The standard InChI is InChI=1S/C22H33N3O2/c1-5-25(6-2)15-7-14-23-21(26)12-13-22-24-16-20(27-22)19-10-8-18(9-11-19)17(3)4/h8-11,16-17H,5-7,12-15H2,1-4H3,(H,23,26). The topological polar surface area (TPSA) is 58.4 Å². The van der Waals surface area contributed by atoms with Gasteiger partial charge in [0.1, 0.15) is 0 Å². The Kier molecular flexibility index (Phi) is 8.52. The first-order valence-corrected chi connectivity index (χ1v) is 10.1. The van der Waals surface area contributed by atoms with Crippen LogP contribution in [0.15, 0.2) is 34.9 Å². The lowest BCUT2D eigenvalue weighted by molar-refractivity contribution is -0.121. The maximum absolute atomic E-state index is 12.0. The third kappa shape index (κ3) is 6.83. The molecule has 0 spiro atoms. The van der Waals surface area contributed by atoms with Crippen molar-refractivity contribution in [3.05, 3.63) is 41.9 Å². The molecule has 0 radical (unpaired) electrons. The van der Waals surface area contributed by atoms with Gasteiger partial charge in [0.25, 0.3) is 0 Å². The molecule has 1 heterocycles. The second-order valence-electron chi connectivity index (χ2n) is 7.13. The Bertz CT molecular complexity index is 688. The number of aromatic nitrogens is 1. The van der Waals surface area contributed by atoms with Crippen molar-refractivity contribution in [3.63, 3.8) is 0 Å². The van der Waals surface area contributed by atoms with Gasteiger partial charge in [0.15, 0.2) is 11.7 Å². The highest BCUT2D eigenvalue weighted by Crippen LogP contribution is 2.23. The SMILES string of the molecule is CCN(CC)CCCNC(=O)CCc1ncc(-c2ccc(C(C)C)cc2)o1. The fourth-order valence-electron chi connectivity index (χ4n) is 2.97. The van der Waals surface area contributed by atoms with E-state index in [1.807, 2.05) is 0 Å². The van der Waals surface area contributed by atoms with Crippen molar-refractivity contribution in [2.24, 2.45) is 0 Å². The molecule has 2 aromatic rings. The van der Waals surface area contributed by atoms with Gasteiger partial charge in [-0.25, -0.2) is 4.98 Å². The lowest BCUT2D eigenvalue weighted by Crippen LogP contribution is -2.30. The first-order chi connectivity index (χ1) is 13.0. The third-order valence-corrected chi connectivity index (χ3v) is 4.85. The third-order valence-electron chi connectivity index (χ3n) is 4.85. The number of rotatable bonds is 11. The number of carbonyl (C=O) groups excluding carboxylic acids is 1. The van der Waals surface area contributed by atoms with E-state index in [0.717, 1.165) is 37.4 Å². The number of nitrogens with one attached hydrogen (secondary N) is 1. The normalized spacial score (nSPS) is 11.3. The lowest BCUT2D eigenvalue weighted by atomic mass is 10.0. The second-order valence-corrected chi connectivity index (χ2v) is 7.13. The minimum Gasteiger partial charge on any atom is -0.441 e. The van der Waals surface area contributed by atoms with Gasteiger partial charge in [0, 0.05) is 24.9 Å². The van der Waals surface area contributed by atoms with Crippen LogP contribution in [0.2, 0.25) is 0 Å². The van der Waals surface area contributed by atoms with E-state index in [4.69, 9.17) is 4.42 Å². The van der Waals surface area contributed by atoms with Gasteiger partial charge in [0.05, 0.1) is 6.20 Å². The Labute approximate surface area is 163 Å². The van der Waals surface area contributed by atoms with Gasteiger partial charge in [-0.3, -0.25) is 4.79 Å². The van der Waals surface area contributed by atoms with E-state index in [1.54, 1.807) is 6.20 Å². The number of aryl methyl sites for hydroxylation is 1. The molecule has 1 N–H and O–H groups in total. The van der Waals surface area contributed by atoms with Crippen molar-refractivity contribution < 1.29 is 9.21 Å². The summed E-state index contributed by atoms with van der Waals surface area (Å²) >= 11 is 0. The van der Waals surface area contributed by atoms with Crippen LogP contribution in [-0.4, -0.2) is 42.0 Å². The van der Waals surface area contributed by atoms with Crippen molar-refractivity contribution in [2.75, 3.05) is 26.2 Å². The van der Waals surface area contributed by atoms with E-state index >= 15 is 0 Å². The number of oxazole rings is 1. The van der Waals surface area contributed by atoms with E-state index in [9.17, 15) is 4.79 Å². The molecule has 5 nitrogen and oxygen atoms in total. The quantitative estimate of drug-likeness (QED) is 0.600. The van der Waals surface area contributed by atoms with Crippen molar-refractivity contribution in [1.82, 2.24) is 15.2 Å². The Morgan fingerprint density at radius 3 is 2.52 bits per heavy atom. The van der Waals surface area contributed by atoms with E-state index in [1.165, 1.54) is 5.56 Å². The molecule has 1 aromatic heterocycles. The predicted molar refractivity (Wildman–Crippen MR) is 110 cm³/mol. The average molecular weight is 372 g/mol. The molecule has 0 aliphatic rings. The summed E-state index contributed by atoms with van der Waals surface area (Å²) in [5, 5.41) is 2.98. The molecule has 0 aliphatic heterocycles. The van der Waals surface area contributed by atoms with Crippen LogP contribution >= 0.6 is 0 Å². The maximum atomic E-state index is 12.0. The molecule has 5 heteroatoms. The van der Waals surface area contributed by atoms with Gasteiger partial charge in [0.2, 0.25) is 5.91 Å². The molecule has 27 heavy (non-hydrogen) atoms. The van der Waals surface area contributed by atoms with Crippen LogP contribution in [-0.2, 0) is 11.2 Å². The second kappa shape index (κ2) is 10.9. The minimum absolute atomic E-state index is 0.0515. The number of benzene rings is 1. The predicted octanol–water partition coefficient (Wildman–Crippen LogP) is 4.25. The van der Waals surface area contributed by atoms with Crippen LogP contribution < -0.4 is 5.32 Å². The fraction of sp³-hybridized carbons (Fsp3) is 0.545. The maximum Gasteiger partial charge on any atom is 0.220 e. The monoisotopic (exact) mass is 371 g/mol. The van der Waals surface area contributed by atoms with Crippen LogP contribution in [0.3, 0.4) is 0 Å². The molecule has 0 saturated heterocycles. The van der Waals surface area contributed by atoms with Crippen LogP contribution in [0.25, 0.3) is 11.3 Å². The molecular weight excluding hydrogens is 338 g/mol. The minimum atomic E-state index is 0.0515.